The fourth-order valence-electron chi connectivity index (χ4n) is 3.64. The summed E-state index contributed by atoms with van der Waals surface area (Å²) in [7, 11) is 0. The monoisotopic (exact) mass is 365 g/mol. The van der Waals surface area contributed by atoms with Gasteiger partial charge in [0.2, 0.25) is 0 Å². The number of hydrogen-bond donors (Lipinski definition) is 0. The minimum absolute atomic E-state index is 0.0513. The molecule has 3 rings (SSSR count). The number of nitrogens with zero attached hydrogens (tertiary/aromatic N) is 7. The van der Waals surface area contributed by atoms with Crippen LogP contribution in [0.5, 0.6) is 0 Å². The van der Waals surface area contributed by atoms with Crippen LogP contribution in [-0.4, -0.2) is 23.7 Å². The summed E-state index contributed by atoms with van der Waals surface area (Å²) in [6.07, 6.45) is 2.67. The highest BCUT2D eigenvalue weighted by molar-refractivity contribution is 5.93. The van der Waals surface area contributed by atoms with Gasteiger partial charge >= 0.3 is 5.97 Å². The van der Waals surface area contributed by atoms with Crippen molar-refractivity contribution in [2.24, 2.45) is 10.2 Å². The standard InChI is InChI=1S/C18H19N7O2/c1-12-17(18(26)27-10-9-21-23-19)14-6-4-8-16(14)25(12)15-7-3-2-5-13(15)11-22-24-20/h2-3,5,7H,4,6,8-11H2,1H3. The molecule has 9 nitrogen and oxygen atoms in total. The number of azide groups is 2. The van der Waals surface area contributed by atoms with E-state index in [1.54, 1.807) is 0 Å². The van der Waals surface area contributed by atoms with Crippen molar-refractivity contribution in [2.75, 3.05) is 13.2 Å². The van der Waals surface area contributed by atoms with Crippen molar-refractivity contribution in [2.45, 2.75) is 32.7 Å². The van der Waals surface area contributed by atoms with E-state index in [2.05, 4.69) is 24.6 Å². The average Bonchev–Trinajstić information content (AvgIpc) is 3.23. The summed E-state index contributed by atoms with van der Waals surface area (Å²) >= 11 is 0. The van der Waals surface area contributed by atoms with Crippen molar-refractivity contribution in [3.63, 3.8) is 0 Å². The van der Waals surface area contributed by atoms with Gasteiger partial charge in [-0.2, -0.15) is 0 Å². The van der Waals surface area contributed by atoms with Crippen LogP contribution in [0.25, 0.3) is 26.6 Å². The van der Waals surface area contributed by atoms with E-state index >= 15 is 0 Å². The average molecular weight is 365 g/mol. The Kier molecular flexibility index (Phi) is 5.66. The number of ether oxygens (including phenoxy) is 1. The van der Waals surface area contributed by atoms with Crippen molar-refractivity contribution in [3.05, 3.63) is 73.2 Å². The maximum absolute atomic E-state index is 12.7. The maximum Gasteiger partial charge on any atom is 0.340 e. The Balaban J connectivity index is 2.03. The van der Waals surface area contributed by atoms with E-state index in [0.29, 0.717) is 5.56 Å². The normalized spacial score (nSPS) is 12.0. The van der Waals surface area contributed by atoms with Crippen LogP contribution in [0.3, 0.4) is 0 Å². The molecule has 0 atom stereocenters. The van der Waals surface area contributed by atoms with E-state index in [4.69, 9.17) is 15.8 Å². The van der Waals surface area contributed by atoms with Gasteiger partial charge in [-0.05, 0) is 54.4 Å². The van der Waals surface area contributed by atoms with E-state index in [1.807, 2.05) is 31.2 Å². The molecular weight excluding hydrogens is 346 g/mol. The number of benzene rings is 1. The summed E-state index contributed by atoms with van der Waals surface area (Å²) in [5.74, 6) is -0.398. The lowest BCUT2D eigenvalue weighted by Crippen LogP contribution is -2.11. The van der Waals surface area contributed by atoms with Gasteiger partial charge < -0.3 is 9.30 Å². The highest BCUT2D eigenvalue weighted by atomic mass is 16.5. The second-order valence-electron chi connectivity index (χ2n) is 6.18. The van der Waals surface area contributed by atoms with Crippen LogP contribution in [0.2, 0.25) is 0 Å². The number of rotatable bonds is 7. The first-order valence-corrected chi connectivity index (χ1v) is 8.69. The predicted molar refractivity (Wildman–Crippen MR) is 99.7 cm³/mol. The van der Waals surface area contributed by atoms with Crippen LogP contribution in [-0.2, 0) is 24.1 Å². The zero-order valence-corrected chi connectivity index (χ0v) is 15.0. The summed E-state index contributed by atoms with van der Waals surface area (Å²) in [4.78, 5) is 18.2. The van der Waals surface area contributed by atoms with Crippen LogP contribution in [0, 0.1) is 6.92 Å². The first kappa shape index (κ1) is 18.4. The van der Waals surface area contributed by atoms with Crippen LogP contribution in [0.15, 0.2) is 34.5 Å². The number of esters is 1. The molecule has 1 heterocycles. The first-order valence-electron chi connectivity index (χ1n) is 8.69. The minimum Gasteiger partial charge on any atom is -0.462 e. The third-order valence-electron chi connectivity index (χ3n) is 4.69. The quantitative estimate of drug-likeness (QED) is 0.234. The Morgan fingerprint density at radius 3 is 2.78 bits per heavy atom. The molecule has 2 aromatic rings. The molecule has 0 aliphatic heterocycles. The molecule has 0 spiro atoms. The van der Waals surface area contributed by atoms with Crippen LogP contribution in [0.4, 0.5) is 0 Å². The van der Waals surface area contributed by atoms with Crippen molar-refractivity contribution >= 4 is 5.97 Å². The van der Waals surface area contributed by atoms with Crippen molar-refractivity contribution in [1.29, 1.82) is 0 Å². The van der Waals surface area contributed by atoms with E-state index in [0.717, 1.165) is 47.5 Å². The topological polar surface area (TPSA) is 129 Å². The zero-order valence-electron chi connectivity index (χ0n) is 15.0. The van der Waals surface area contributed by atoms with Crippen LogP contribution in [0.1, 0.15) is 39.3 Å². The summed E-state index contributed by atoms with van der Waals surface area (Å²) in [5.41, 5.74) is 22.3. The van der Waals surface area contributed by atoms with E-state index in [1.165, 1.54) is 0 Å². The van der Waals surface area contributed by atoms with Gasteiger partial charge in [0.1, 0.15) is 0 Å². The SMILES string of the molecule is Cc1c(C(=O)OCCN=[N+]=[N-])c2c(n1-c1ccccc1CN=[N+]=[N-])CCC2. The summed E-state index contributed by atoms with van der Waals surface area (Å²) in [6, 6.07) is 7.70. The van der Waals surface area contributed by atoms with Crippen molar-refractivity contribution < 1.29 is 9.53 Å². The molecule has 0 amide bonds. The Morgan fingerprint density at radius 2 is 2.00 bits per heavy atom. The summed E-state index contributed by atoms with van der Waals surface area (Å²) in [6.45, 7) is 2.30. The van der Waals surface area contributed by atoms with E-state index in [9.17, 15) is 4.79 Å². The molecule has 1 aromatic heterocycles. The molecule has 1 aliphatic carbocycles. The van der Waals surface area contributed by atoms with Crippen LogP contribution >= 0.6 is 0 Å². The second-order valence-corrected chi connectivity index (χ2v) is 6.18. The second kappa shape index (κ2) is 8.31. The molecule has 27 heavy (non-hydrogen) atoms. The van der Waals surface area contributed by atoms with Gasteiger partial charge in [0.25, 0.3) is 0 Å². The van der Waals surface area contributed by atoms with Gasteiger partial charge in [-0.15, -0.1) is 0 Å². The van der Waals surface area contributed by atoms with Gasteiger partial charge in [-0.25, -0.2) is 4.79 Å². The maximum atomic E-state index is 12.7. The molecule has 9 heteroatoms. The van der Waals surface area contributed by atoms with Gasteiger partial charge in [-0.1, -0.05) is 28.4 Å². The molecule has 0 N–H and O–H groups in total. The predicted octanol–water partition coefficient (Wildman–Crippen LogP) is 4.55. The molecular formula is C18H19N7O2. The Labute approximate surface area is 155 Å². The Hall–Kier alpha value is -3.41. The smallest absolute Gasteiger partial charge is 0.340 e. The number of hydrogen-bond acceptors (Lipinski definition) is 4. The molecule has 138 valence electrons. The summed E-state index contributed by atoms with van der Waals surface area (Å²) in [5, 5.41) is 7.07. The van der Waals surface area contributed by atoms with Crippen molar-refractivity contribution in [3.8, 4) is 5.69 Å². The van der Waals surface area contributed by atoms with E-state index < -0.39 is 5.97 Å². The van der Waals surface area contributed by atoms with Crippen LogP contribution < -0.4 is 0 Å². The number of aromatic nitrogens is 1. The minimum atomic E-state index is -0.398. The van der Waals surface area contributed by atoms with Gasteiger partial charge in [0.05, 0.1) is 25.3 Å². The van der Waals surface area contributed by atoms with Gasteiger partial charge in [0, 0.05) is 26.9 Å². The highest BCUT2D eigenvalue weighted by Gasteiger charge is 2.29. The lowest BCUT2D eigenvalue weighted by atomic mass is 10.1. The van der Waals surface area contributed by atoms with Gasteiger partial charge in [-0.3, -0.25) is 0 Å². The number of fused-ring (bicyclic) bond motifs is 1. The zero-order chi connectivity index (χ0) is 19.2. The molecule has 0 saturated heterocycles. The molecule has 1 aromatic carbocycles. The lowest BCUT2D eigenvalue weighted by molar-refractivity contribution is 0.0515. The van der Waals surface area contributed by atoms with Gasteiger partial charge in [0.15, 0.2) is 0 Å². The number of carbonyl (C=O) groups excluding carboxylic acids is 1. The molecule has 0 bridgehead atoms. The largest absolute Gasteiger partial charge is 0.462 e. The fourth-order valence-corrected chi connectivity index (χ4v) is 3.64. The van der Waals surface area contributed by atoms with E-state index in [-0.39, 0.29) is 19.7 Å². The molecule has 0 saturated carbocycles. The summed E-state index contributed by atoms with van der Waals surface area (Å²) < 4.78 is 7.37. The lowest BCUT2D eigenvalue weighted by Gasteiger charge is -2.15. The number of carbonyl (C=O) groups is 1. The molecule has 0 radical (unpaired) electrons. The molecule has 0 unspecified atom stereocenters. The third kappa shape index (κ3) is 3.60. The Bertz CT molecular complexity index is 966. The molecule has 1 aliphatic rings. The molecule has 0 fully saturated rings. The number of para-hydroxylation sites is 1. The third-order valence-corrected chi connectivity index (χ3v) is 4.69. The first-order chi connectivity index (χ1) is 13.2. The fraction of sp³-hybridized carbons (Fsp3) is 0.389. The van der Waals surface area contributed by atoms with Crippen molar-refractivity contribution in [1.82, 2.24) is 4.57 Å². The Morgan fingerprint density at radius 1 is 1.22 bits per heavy atom. The highest BCUT2D eigenvalue weighted by Crippen LogP contribution is 2.34.